The third kappa shape index (κ3) is 5.15. The van der Waals surface area contributed by atoms with E-state index in [2.05, 4.69) is 20.6 Å². The van der Waals surface area contributed by atoms with Crippen LogP contribution in [0.4, 0.5) is 11.5 Å². The molecule has 0 atom stereocenters. The van der Waals surface area contributed by atoms with E-state index in [0.29, 0.717) is 34.9 Å². The van der Waals surface area contributed by atoms with Crippen LogP contribution in [0.3, 0.4) is 0 Å². The molecule has 0 aliphatic carbocycles. The first-order valence-electron chi connectivity index (χ1n) is 10.4. The number of rotatable bonds is 6. The fraction of sp³-hybridized carbons (Fsp3) is 0.208. The quantitative estimate of drug-likeness (QED) is 0.603. The van der Waals surface area contributed by atoms with E-state index in [-0.39, 0.29) is 30.4 Å². The van der Waals surface area contributed by atoms with Gasteiger partial charge in [0, 0.05) is 29.9 Å². The van der Waals surface area contributed by atoms with Gasteiger partial charge in [-0.25, -0.2) is 9.97 Å². The molecule has 168 valence electrons. The Bertz CT molecular complexity index is 1180. The topological polar surface area (TPSA) is 114 Å². The van der Waals surface area contributed by atoms with Gasteiger partial charge in [-0.1, -0.05) is 12.1 Å². The number of fused-ring (bicyclic) bond motifs is 1. The zero-order valence-corrected chi connectivity index (χ0v) is 18.2. The Morgan fingerprint density at radius 2 is 1.88 bits per heavy atom. The van der Waals surface area contributed by atoms with E-state index in [0.717, 1.165) is 5.56 Å². The highest BCUT2D eigenvalue weighted by Gasteiger charge is 2.23. The molecule has 2 heterocycles. The number of nitrogens with one attached hydrogen (secondary N) is 2. The second-order valence-electron chi connectivity index (χ2n) is 7.82. The van der Waals surface area contributed by atoms with Crippen LogP contribution in [0.15, 0.2) is 61.1 Å². The van der Waals surface area contributed by atoms with Crippen molar-refractivity contribution in [2.24, 2.45) is 0 Å². The molecule has 0 fully saturated rings. The number of hydrogen-bond donors (Lipinski definition) is 2. The summed E-state index contributed by atoms with van der Waals surface area (Å²) in [5, 5.41) is 5.43. The highest BCUT2D eigenvalue weighted by molar-refractivity contribution is 6.03. The van der Waals surface area contributed by atoms with Crippen LogP contribution < -0.4 is 15.4 Å². The molecule has 1 aliphatic heterocycles. The fourth-order valence-corrected chi connectivity index (χ4v) is 3.37. The maximum Gasteiger partial charge on any atom is 0.262 e. The Morgan fingerprint density at radius 1 is 1.12 bits per heavy atom. The number of anilines is 2. The number of benzene rings is 2. The van der Waals surface area contributed by atoms with E-state index in [1.165, 1.54) is 6.33 Å². The predicted octanol–water partition coefficient (Wildman–Crippen LogP) is 3.11. The SMILES string of the molecule is CC(C)N(Cc1ccc(C(=O)Nc2ccncn2)cc1)C(=O)c1ccc2c(c1)OCC(=O)N2. The smallest absolute Gasteiger partial charge is 0.262 e. The van der Waals surface area contributed by atoms with Gasteiger partial charge in [0.1, 0.15) is 17.9 Å². The standard InChI is InChI=1S/C24H23N5O4/c1-15(2)29(24(32)18-7-8-19-20(11-18)33-13-22(30)27-19)12-16-3-5-17(6-4-16)23(31)28-21-9-10-25-14-26-21/h3-11,14-15H,12-13H2,1-2H3,(H,27,30)(H,25,26,28,31). The summed E-state index contributed by atoms with van der Waals surface area (Å²) in [6, 6.07) is 13.6. The van der Waals surface area contributed by atoms with E-state index in [1.54, 1.807) is 47.5 Å². The van der Waals surface area contributed by atoms with Crippen LogP contribution in [-0.4, -0.2) is 45.2 Å². The van der Waals surface area contributed by atoms with Crippen molar-refractivity contribution in [2.75, 3.05) is 17.2 Å². The lowest BCUT2D eigenvalue weighted by Gasteiger charge is -2.28. The Labute approximate surface area is 190 Å². The third-order valence-electron chi connectivity index (χ3n) is 5.14. The van der Waals surface area contributed by atoms with Gasteiger partial charge in [0.2, 0.25) is 0 Å². The number of carbonyl (C=O) groups excluding carboxylic acids is 3. The van der Waals surface area contributed by atoms with Crippen molar-refractivity contribution < 1.29 is 19.1 Å². The van der Waals surface area contributed by atoms with E-state index >= 15 is 0 Å². The molecule has 2 N–H and O–H groups in total. The van der Waals surface area contributed by atoms with Crippen LogP contribution in [0.1, 0.15) is 40.1 Å². The number of nitrogens with zero attached hydrogens (tertiary/aromatic N) is 3. The second kappa shape index (κ2) is 9.47. The first-order chi connectivity index (χ1) is 15.9. The van der Waals surface area contributed by atoms with Gasteiger partial charge in [-0.15, -0.1) is 0 Å². The van der Waals surface area contributed by atoms with E-state index in [9.17, 15) is 14.4 Å². The first-order valence-corrected chi connectivity index (χ1v) is 10.4. The number of amides is 3. The lowest BCUT2D eigenvalue weighted by atomic mass is 10.1. The molecule has 33 heavy (non-hydrogen) atoms. The third-order valence-corrected chi connectivity index (χ3v) is 5.14. The summed E-state index contributed by atoms with van der Waals surface area (Å²) in [5.74, 6) is 0.240. The highest BCUT2D eigenvalue weighted by Crippen LogP contribution is 2.29. The molecule has 1 aromatic heterocycles. The molecule has 0 saturated heterocycles. The molecular weight excluding hydrogens is 422 g/mol. The number of hydrogen-bond acceptors (Lipinski definition) is 6. The summed E-state index contributed by atoms with van der Waals surface area (Å²) >= 11 is 0. The average molecular weight is 445 g/mol. The van der Waals surface area contributed by atoms with E-state index in [1.807, 2.05) is 26.0 Å². The van der Waals surface area contributed by atoms with Crippen LogP contribution in [0.5, 0.6) is 5.75 Å². The van der Waals surface area contributed by atoms with Gasteiger partial charge >= 0.3 is 0 Å². The van der Waals surface area contributed by atoms with Crippen molar-refractivity contribution in [2.45, 2.75) is 26.4 Å². The van der Waals surface area contributed by atoms with Crippen molar-refractivity contribution in [3.8, 4) is 5.75 Å². The molecule has 1 aliphatic rings. The molecule has 0 unspecified atom stereocenters. The van der Waals surface area contributed by atoms with Crippen molar-refractivity contribution in [1.82, 2.24) is 14.9 Å². The van der Waals surface area contributed by atoms with Crippen LogP contribution in [0.25, 0.3) is 0 Å². The zero-order valence-electron chi connectivity index (χ0n) is 18.2. The predicted molar refractivity (Wildman–Crippen MR) is 122 cm³/mol. The summed E-state index contributed by atoms with van der Waals surface area (Å²) in [4.78, 5) is 46.6. The molecule has 0 radical (unpaired) electrons. The van der Waals surface area contributed by atoms with E-state index in [4.69, 9.17) is 4.74 Å². The zero-order chi connectivity index (χ0) is 23.4. The largest absolute Gasteiger partial charge is 0.482 e. The van der Waals surface area contributed by atoms with Gasteiger partial charge in [0.25, 0.3) is 17.7 Å². The molecule has 0 saturated carbocycles. The summed E-state index contributed by atoms with van der Waals surface area (Å²) in [6.45, 7) is 4.18. The Hall–Kier alpha value is -4.27. The van der Waals surface area contributed by atoms with Crippen molar-refractivity contribution in [3.05, 3.63) is 77.7 Å². The number of aromatic nitrogens is 2. The highest BCUT2D eigenvalue weighted by atomic mass is 16.5. The maximum atomic E-state index is 13.2. The lowest BCUT2D eigenvalue weighted by Crippen LogP contribution is -2.36. The Balaban J connectivity index is 1.46. The van der Waals surface area contributed by atoms with Crippen LogP contribution >= 0.6 is 0 Å². The molecule has 3 aromatic rings. The summed E-state index contributed by atoms with van der Waals surface area (Å²) in [7, 11) is 0. The van der Waals surface area contributed by atoms with Gasteiger partial charge in [0.05, 0.1) is 5.69 Å². The number of ether oxygens (including phenoxy) is 1. The monoisotopic (exact) mass is 445 g/mol. The van der Waals surface area contributed by atoms with Crippen molar-refractivity contribution >= 4 is 29.2 Å². The minimum Gasteiger partial charge on any atom is -0.482 e. The normalized spacial score (nSPS) is 12.4. The fourth-order valence-electron chi connectivity index (χ4n) is 3.37. The molecule has 0 spiro atoms. The minimum absolute atomic E-state index is 0.0603. The number of carbonyl (C=O) groups is 3. The van der Waals surface area contributed by atoms with Gasteiger partial charge in [-0.2, -0.15) is 0 Å². The van der Waals surface area contributed by atoms with Gasteiger partial charge in [0.15, 0.2) is 6.61 Å². The van der Waals surface area contributed by atoms with E-state index < -0.39 is 0 Å². The summed E-state index contributed by atoms with van der Waals surface area (Å²) < 4.78 is 5.43. The molecule has 9 nitrogen and oxygen atoms in total. The molecule has 0 bridgehead atoms. The van der Waals surface area contributed by atoms with Gasteiger partial charge < -0.3 is 20.3 Å². The Morgan fingerprint density at radius 3 is 2.58 bits per heavy atom. The summed E-state index contributed by atoms with van der Waals surface area (Å²) in [6.07, 6.45) is 2.91. The molecule has 9 heteroatoms. The molecule has 2 aromatic carbocycles. The Kier molecular flexibility index (Phi) is 6.30. The van der Waals surface area contributed by atoms with Crippen LogP contribution in [0.2, 0.25) is 0 Å². The molecule has 3 amide bonds. The van der Waals surface area contributed by atoms with Gasteiger partial charge in [-0.3, -0.25) is 14.4 Å². The van der Waals surface area contributed by atoms with Crippen molar-refractivity contribution in [1.29, 1.82) is 0 Å². The molecular formula is C24H23N5O4. The first kappa shape index (κ1) is 21.9. The minimum atomic E-state index is -0.279. The van der Waals surface area contributed by atoms with Gasteiger partial charge in [-0.05, 0) is 55.8 Å². The average Bonchev–Trinajstić information content (AvgIpc) is 2.82. The van der Waals surface area contributed by atoms with Crippen LogP contribution in [0, 0.1) is 0 Å². The van der Waals surface area contributed by atoms with Crippen LogP contribution in [-0.2, 0) is 11.3 Å². The molecule has 4 rings (SSSR count). The lowest BCUT2D eigenvalue weighted by molar-refractivity contribution is -0.118. The summed E-state index contributed by atoms with van der Waals surface area (Å²) in [5.41, 5.74) is 2.39. The maximum absolute atomic E-state index is 13.2. The van der Waals surface area contributed by atoms with Crippen molar-refractivity contribution in [3.63, 3.8) is 0 Å². The second-order valence-corrected chi connectivity index (χ2v) is 7.82.